The molecule has 0 radical (unpaired) electrons. The van der Waals surface area contributed by atoms with Crippen molar-refractivity contribution in [3.05, 3.63) is 35.5 Å². The van der Waals surface area contributed by atoms with Gasteiger partial charge in [-0.2, -0.15) is 5.26 Å². The van der Waals surface area contributed by atoms with E-state index in [-0.39, 0.29) is 31.3 Å². The lowest BCUT2D eigenvalue weighted by atomic mass is 9.83. The fraction of sp³-hybridized carbons (Fsp3) is 0.478. The van der Waals surface area contributed by atoms with Crippen LogP contribution in [0.15, 0.2) is 24.4 Å². The monoisotopic (exact) mass is 450 g/mol. The molecule has 4 rings (SSSR count). The maximum atomic E-state index is 12.2. The van der Waals surface area contributed by atoms with Crippen LogP contribution < -0.4 is 16.1 Å². The molecule has 2 aliphatic heterocycles. The number of hydrazine groups is 1. The second kappa shape index (κ2) is 8.94. The molecule has 2 aliphatic rings. The number of likely N-dealkylation sites (N-methyl/N-ethyl adjacent to an activating group) is 1. The molecule has 10 heteroatoms. The van der Waals surface area contributed by atoms with Crippen LogP contribution in [-0.2, 0) is 10.2 Å². The van der Waals surface area contributed by atoms with Crippen molar-refractivity contribution in [3.8, 4) is 17.3 Å². The van der Waals surface area contributed by atoms with Crippen molar-refractivity contribution in [2.45, 2.75) is 37.9 Å². The highest BCUT2D eigenvalue weighted by Crippen LogP contribution is 2.41. The number of aliphatic hydroxyl groups excluding tert-OH is 1. The third-order valence-corrected chi connectivity index (χ3v) is 6.30. The molecule has 0 bridgehead atoms. The maximum absolute atomic E-state index is 12.2. The van der Waals surface area contributed by atoms with Gasteiger partial charge < -0.3 is 20.6 Å². The Labute approximate surface area is 193 Å². The van der Waals surface area contributed by atoms with E-state index in [1.165, 1.54) is 0 Å². The van der Waals surface area contributed by atoms with Gasteiger partial charge in [-0.1, -0.05) is 6.92 Å². The highest BCUT2D eigenvalue weighted by molar-refractivity contribution is 5.78. The number of carbonyl (C=O) groups is 1. The number of anilines is 2. The lowest BCUT2D eigenvalue weighted by Gasteiger charge is -2.25. The third-order valence-electron chi connectivity index (χ3n) is 6.30. The molecule has 2 aromatic rings. The Morgan fingerprint density at radius 1 is 1.45 bits per heavy atom. The molecule has 0 aliphatic carbocycles. The van der Waals surface area contributed by atoms with Gasteiger partial charge in [-0.05, 0) is 37.1 Å². The molecule has 1 aromatic heterocycles. The summed E-state index contributed by atoms with van der Waals surface area (Å²) in [6.45, 7) is 4.82. The van der Waals surface area contributed by atoms with Crippen LogP contribution in [0.25, 0.3) is 11.3 Å². The van der Waals surface area contributed by atoms with Gasteiger partial charge in [0.2, 0.25) is 11.9 Å². The Balaban J connectivity index is 1.61. The number of hydrogen-bond acceptors (Lipinski definition) is 9. The SMILES string of the molecule is CC1CC(Nc2nccc(-c3cc(C#N)c4c(c3)C(C)(CO)CN4)n2)N(CC(=O)N(C)C)N1. The first-order chi connectivity index (χ1) is 15.7. The maximum Gasteiger partial charge on any atom is 0.237 e. The minimum atomic E-state index is -0.462. The van der Waals surface area contributed by atoms with Gasteiger partial charge in [-0.15, -0.1) is 0 Å². The number of hydrogen-bond donors (Lipinski definition) is 4. The molecule has 1 aromatic carbocycles. The zero-order chi connectivity index (χ0) is 23.8. The highest BCUT2D eigenvalue weighted by Gasteiger charge is 2.36. The summed E-state index contributed by atoms with van der Waals surface area (Å²) in [5.41, 5.74) is 6.53. The molecule has 1 saturated heterocycles. The van der Waals surface area contributed by atoms with Crippen LogP contribution in [0, 0.1) is 11.3 Å². The smallest absolute Gasteiger partial charge is 0.237 e. The van der Waals surface area contributed by atoms with E-state index in [9.17, 15) is 15.2 Å². The van der Waals surface area contributed by atoms with E-state index in [1.807, 2.05) is 24.1 Å². The number of benzene rings is 1. The van der Waals surface area contributed by atoms with Crippen LogP contribution in [0.3, 0.4) is 0 Å². The van der Waals surface area contributed by atoms with Gasteiger partial charge in [-0.3, -0.25) is 4.79 Å². The number of aromatic nitrogens is 2. The summed E-state index contributed by atoms with van der Waals surface area (Å²) in [6, 6.07) is 8.06. The van der Waals surface area contributed by atoms with Crippen LogP contribution >= 0.6 is 0 Å². The van der Waals surface area contributed by atoms with Crippen molar-refractivity contribution < 1.29 is 9.90 Å². The van der Waals surface area contributed by atoms with E-state index in [0.29, 0.717) is 23.8 Å². The summed E-state index contributed by atoms with van der Waals surface area (Å²) in [6.07, 6.45) is 2.32. The molecule has 0 spiro atoms. The van der Waals surface area contributed by atoms with Gasteiger partial charge in [0.05, 0.1) is 36.3 Å². The van der Waals surface area contributed by atoms with E-state index in [4.69, 9.17) is 4.98 Å². The zero-order valence-electron chi connectivity index (χ0n) is 19.4. The second-order valence-corrected chi connectivity index (χ2v) is 9.24. The van der Waals surface area contributed by atoms with E-state index in [1.54, 1.807) is 31.3 Å². The van der Waals surface area contributed by atoms with Crippen molar-refractivity contribution >= 4 is 17.5 Å². The first-order valence-electron chi connectivity index (χ1n) is 11.0. The summed E-state index contributed by atoms with van der Waals surface area (Å²) in [4.78, 5) is 22.8. The molecule has 3 heterocycles. The van der Waals surface area contributed by atoms with Crippen LogP contribution in [0.4, 0.5) is 11.6 Å². The predicted octanol–water partition coefficient (Wildman–Crippen LogP) is 1.12. The van der Waals surface area contributed by atoms with Crippen molar-refractivity contribution in [2.24, 2.45) is 0 Å². The minimum Gasteiger partial charge on any atom is -0.395 e. The molecule has 3 atom stereocenters. The average molecular weight is 451 g/mol. The first kappa shape index (κ1) is 22.9. The minimum absolute atomic E-state index is 0.000727. The molecule has 0 saturated carbocycles. The Morgan fingerprint density at radius 2 is 2.24 bits per heavy atom. The standard InChI is InChI=1S/C23H30N8O2/c1-14-7-19(31(29-14)11-20(33)30(3)4)28-22-25-6-5-18(27-22)15-8-16(10-24)21-17(9-15)23(2,13-32)12-26-21/h5-6,8-9,14,19,26,29,32H,7,11-13H2,1-4H3,(H,25,27,28). The van der Waals surface area contributed by atoms with E-state index in [2.05, 4.69) is 34.0 Å². The summed E-state index contributed by atoms with van der Waals surface area (Å²) >= 11 is 0. The third kappa shape index (κ3) is 4.48. The highest BCUT2D eigenvalue weighted by atomic mass is 16.3. The molecule has 33 heavy (non-hydrogen) atoms. The molecule has 3 unspecified atom stereocenters. The molecule has 1 fully saturated rings. The molecule has 10 nitrogen and oxygen atoms in total. The Morgan fingerprint density at radius 3 is 2.94 bits per heavy atom. The molecular weight excluding hydrogens is 420 g/mol. The normalized spacial score (nSPS) is 24.1. The summed E-state index contributed by atoms with van der Waals surface area (Å²) < 4.78 is 0. The van der Waals surface area contributed by atoms with Gasteiger partial charge in [0.15, 0.2) is 0 Å². The summed E-state index contributed by atoms with van der Waals surface area (Å²) in [5.74, 6) is 0.443. The fourth-order valence-corrected chi connectivity index (χ4v) is 4.27. The topological polar surface area (TPSA) is 129 Å². The van der Waals surface area contributed by atoms with Gasteiger partial charge in [0.1, 0.15) is 6.07 Å². The van der Waals surface area contributed by atoms with Crippen molar-refractivity contribution in [3.63, 3.8) is 0 Å². The van der Waals surface area contributed by atoms with E-state index >= 15 is 0 Å². The molecule has 174 valence electrons. The van der Waals surface area contributed by atoms with Gasteiger partial charge in [0, 0.05) is 43.9 Å². The number of aliphatic hydroxyl groups is 1. The molecule has 1 amide bonds. The van der Waals surface area contributed by atoms with Crippen molar-refractivity contribution in [1.29, 1.82) is 5.26 Å². The lowest BCUT2D eigenvalue weighted by molar-refractivity contribution is -0.130. The largest absolute Gasteiger partial charge is 0.395 e. The van der Waals surface area contributed by atoms with E-state index in [0.717, 1.165) is 23.2 Å². The number of nitriles is 1. The van der Waals surface area contributed by atoms with Gasteiger partial charge >= 0.3 is 0 Å². The number of rotatable bonds is 6. The van der Waals surface area contributed by atoms with Crippen LogP contribution in [-0.4, -0.2) is 76.9 Å². The van der Waals surface area contributed by atoms with Crippen LogP contribution in [0.5, 0.6) is 0 Å². The fourth-order valence-electron chi connectivity index (χ4n) is 4.27. The number of amides is 1. The van der Waals surface area contributed by atoms with Gasteiger partial charge in [-0.25, -0.2) is 20.4 Å². The Bertz CT molecular complexity index is 1100. The first-order valence-corrected chi connectivity index (χ1v) is 11.0. The number of carbonyl (C=O) groups excluding carboxylic acids is 1. The van der Waals surface area contributed by atoms with Crippen molar-refractivity contribution in [1.82, 2.24) is 25.3 Å². The lowest BCUT2D eigenvalue weighted by Crippen LogP contribution is -2.47. The summed E-state index contributed by atoms with van der Waals surface area (Å²) in [5, 5.41) is 28.1. The van der Waals surface area contributed by atoms with E-state index < -0.39 is 5.41 Å². The Kier molecular flexibility index (Phi) is 6.21. The average Bonchev–Trinajstić information content (AvgIpc) is 3.32. The summed E-state index contributed by atoms with van der Waals surface area (Å²) in [7, 11) is 3.47. The number of nitrogens with zero attached hydrogens (tertiary/aromatic N) is 5. The quantitative estimate of drug-likeness (QED) is 0.511. The van der Waals surface area contributed by atoms with Crippen LogP contribution in [0.1, 0.15) is 31.4 Å². The van der Waals surface area contributed by atoms with Crippen LogP contribution in [0.2, 0.25) is 0 Å². The van der Waals surface area contributed by atoms with Gasteiger partial charge in [0.25, 0.3) is 0 Å². The predicted molar refractivity (Wildman–Crippen MR) is 125 cm³/mol. The number of fused-ring (bicyclic) bond motifs is 1. The molecule has 4 N–H and O–H groups in total. The van der Waals surface area contributed by atoms with Crippen molar-refractivity contribution in [2.75, 3.05) is 44.4 Å². The zero-order valence-corrected chi connectivity index (χ0v) is 19.4. The Hall–Kier alpha value is -3.26. The number of nitrogens with one attached hydrogen (secondary N) is 3. The molecular formula is C23H30N8O2. The second-order valence-electron chi connectivity index (χ2n) is 9.24.